The van der Waals surface area contributed by atoms with E-state index in [1.54, 1.807) is 6.20 Å². The second kappa shape index (κ2) is 7.31. The number of pyridine rings is 1. The van der Waals surface area contributed by atoms with Crippen LogP contribution >= 0.6 is 11.6 Å². The third-order valence-corrected chi connectivity index (χ3v) is 4.78. The zero-order valence-electron chi connectivity index (χ0n) is 14.7. The molecule has 0 aliphatic carbocycles. The molecule has 1 aliphatic rings. The van der Waals surface area contributed by atoms with Gasteiger partial charge in [-0.1, -0.05) is 11.6 Å². The Morgan fingerprint density at radius 2 is 2.00 bits per heavy atom. The summed E-state index contributed by atoms with van der Waals surface area (Å²) in [7, 11) is 0. The molecule has 0 unspecified atom stereocenters. The smallest absolute Gasteiger partial charge is 0.317 e. The van der Waals surface area contributed by atoms with Crippen molar-refractivity contribution in [3.8, 4) is 0 Å². The van der Waals surface area contributed by atoms with Gasteiger partial charge in [-0.2, -0.15) is 5.10 Å². The molecule has 2 aromatic heterocycles. The fourth-order valence-electron chi connectivity index (χ4n) is 3.24. The number of aromatic amines is 1. The lowest BCUT2D eigenvalue weighted by atomic mass is 10.1. The zero-order chi connectivity index (χ0) is 18.0. The molecule has 1 fully saturated rings. The quantitative estimate of drug-likeness (QED) is 0.880. The number of aromatic nitrogens is 3. The summed E-state index contributed by atoms with van der Waals surface area (Å²) >= 11 is 5.88. The van der Waals surface area contributed by atoms with Crippen LogP contribution in [0, 0.1) is 13.8 Å². The van der Waals surface area contributed by atoms with E-state index in [2.05, 4.69) is 25.4 Å². The molecule has 0 aromatic carbocycles. The molecule has 2 aromatic rings. The first-order chi connectivity index (χ1) is 12.0. The maximum atomic E-state index is 12.5. The molecule has 7 nitrogen and oxygen atoms in total. The van der Waals surface area contributed by atoms with E-state index in [-0.39, 0.29) is 12.1 Å². The van der Waals surface area contributed by atoms with Gasteiger partial charge in [0.2, 0.25) is 0 Å². The number of carbonyl (C=O) groups excluding carboxylic acids is 1. The van der Waals surface area contributed by atoms with Crippen LogP contribution in [0.2, 0.25) is 5.02 Å². The molecule has 3 rings (SSSR count). The van der Waals surface area contributed by atoms with Crippen molar-refractivity contribution < 1.29 is 4.79 Å². The number of urea groups is 1. The van der Waals surface area contributed by atoms with Crippen LogP contribution in [0.4, 0.5) is 10.6 Å². The van der Waals surface area contributed by atoms with Gasteiger partial charge in [-0.15, -0.1) is 0 Å². The minimum Gasteiger partial charge on any atom is -0.353 e. The van der Waals surface area contributed by atoms with Crippen molar-refractivity contribution in [3.05, 3.63) is 40.3 Å². The maximum Gasteiger partial charge on any atom is 0.317 e. The van der Waals surface area contributed by atoms with Crippen LogP contribution in [0.1, 0.15) is 29.9 Å². The Labute approximate surface area is 152 Å². The van der Waals surface area contributed by atoms with Crippen LogP contribution in [0.25, 0.3) is 0 Å². The van der Waals surface area contributed by atoms with Gasteiger partial charge in [-0.3, -0.25) is 5.10 Å². The normalized spacial score (nSPS) is 16.0. The predicted octanol–water partition coefficient (Wildman–Crippen LogP) is 2.67. The Bertz CT molecular complexity index is 717. The van der Waals surface area contributed by atoms with E-state index in [1.807, 2.05) is 37.8 Å². The number of piperazine rings is 1. The second-order valence-corrected chi connectivity index (χ2v) is 6.76. The second-order valence-electron chi connectivity index (χ2n) is 6.33. The lowest BCUT2D eigenvalue weighted by Gasteiger charge is -2.36. The number of H-pyrrole nitrogens is 1. The SMILES string of the molecule is Cc1n[nH]c(C)c1[C@H](C)NC(=O)N1CCN(c2ccc(Cl)cn2)CC1. The summed E-state index contributed by atoms with van der Waals surface area (Å²) in [6.07, 6.45) is 1.65. The van der Waals surface area contributed by atoms with Gasteiger partial charge in [-0.05, 0) is 32.9 Å². The summed E-state index contributed by atoms with van der Waals surface area (Å²) in [6.45, 7) is 8.71. The lowest BCUT2D eigenvalue weighted by molar-refractivity contribution is 0.191. The number of halogens is 1. The average Bonchev–Trinajstić information content (AvgIpc) is 2.94. The molecule has 1 atom stereocenters. The van der Waals surface area contributed by atoms with Gasteiger partial charge in [0.05, 0.1) is 16.8 Å². The van der Waals surface area contributed by atoms with Crippen molar-refractivity contribution >= 4 is 23.4 Å². The van der Waals surface area contributed by atoms with Gasteiger partial charge in [-0.25, -0.2) is 9.78 Å². The van der Waals surface area contributed by atoms with Crippen molar-refractivity contribution in [2.24, 2.45) is 0 Å². The maximum absolute atomic E-state index is 12.5. The predicted molar refractivity (Wildman–Crippen MR) is 98.0 cm³/mol. The van der Waals surface area contributed by atoms with Gasteiger partial charge < -0.3 is 15.1 Å². The lowest BCUT2D eigenvalue weighted by Crippen LogP contribution is -2.52. The number of nitrogens with zero attached hydrogens (tertiary/aromatic N) is 4. The number of amides is 2. The molecule has 1 saturated heterocycles. The molecule has 1 aliphatic heterocycles. The molecule has 3 heterocycles. The largest absolute Gasteiger partial charge is 0.353 e. The summed E-state index contributed by atoms with van der Waals surface area (Å²) in [5.74, 6) is 0.891. The van der Waals surface area contributed by atoms with Crippen molar-refractivity contribution in [1.29, 1.82) is 0 Å². The first kappa shape index (κ1) is 17.5. The average molecular weight is 363 g/mol. The van der Waals surface area contributed by atoms with E-state index < -0.39 is 0 Å². The first-order valence-corrected chi connectivity index (χ1v) is 8.77. The molecule has 0 bridgehead atoms. The molecular formula is C17H23ClN6O. The van der Waals surface area contributed by atoms with Crippen molar-refractivity contribution in [1.82, 2.24) is 25.4 Å². The summed E-state index contributed by atoms with van der Waals surface area (Å²) in [5.41, 5.74) is 2.96. The Kier molecular flexibility index (Phi) is 5.13. The third-order valence-electron chi connectivity index (χ3n) is 4.56. The third kappa shape index (κ3) is 3.87. The van der Waals surface area contributed by atoms with Crippen molar-refractivity contribution in [2.45, 2.75) is 26.8 Å². The minimum absolute atomic E-state index is 0.0452. The monoisotopic (exact) mass is 362 g/mol. The Morgan fingerprint density at radius 3 is 2.56 bits per heavy atom. The van der Waals surface area contributed by atoms with Gasteiger partial charge >= 0.3 is 6.03 Å². The molecule has 25 heavy (non-hydrogen) atoms. The number of hydrogen-bond acceptors (Lipinski definition) is 4. The van der Waals surface area contributed by atoms with E-state index in [0.717, 1.165) is 35.9 Å². The Morgan fingerprint density at radius 1 is 1.28 bits per heavy atom. The minimum atomic E-state index is -0.0813. The van der Waals surface area contributed by atoms with Crippen LogP contribution in [-0.4, -0.2) is 52.3 Å². The molecule has 0 spiro atoms. The summed E-state index contributed by atoms with van der Waals surface area (Å²) in [4.78, 5) is 20.9. The Balaban J connectivity index is 1.55. The number of anilines is 1. The highest BCUT2D eigenvalue weighted by Crippen LogP contribution is 2.20. The molecule has 134 valence electrons. The van der Waals surface area contributed by atoms with Gasteiger partial charge in [0.1, 0.15) is 5.82 Å². The standard InChI is InChI=1S/C17H23ClN6O/c1-11(16-12(2)21-22-13(16)3)20-17(25)24-8-6-23(7-9-24)15-5-4-14(18)10-19-15/h4-5,10-11H,6-9H2,1-3H3,(H,20,25)(H,21,22)/t11-/m0/s1. The molecule has 2 amide bonds. The summed E-state index contributed by atoms with van der Waals surface area (Å²) in [6, 6.07) is 3.61. The first-order valence-electron chi connectivity index (χ1n) is 8.39. The summed E-state index contributed by atoms with van der Waals surface area (Å²) < 4.78 is 0. The van der Waals surface area contributed by atoms with Crippen LogP contribution in [0.3, 0.4) is 0 Å². The van der Waals surface area contributed by atoms with E-state index in [0.29, 0.717) is 18.1 Å². The zero-order valence-corrected chi connectivity index (χ0v) is 15.5. The van der Waals surface area contributed by atoms with E-state index in [4.69, 9.17) is 11.6 Å². The Hall–Kier alpha value is -2.28. The molecule has 0 saturated carbocycles. The fraction of sp³-hybridized carbons (Fsp3) is 0.471. The van der Waals surface area contributed by atoms with Crippen molar-refractivity contribution in [3.63, 3.8) is 0 Å². The van der Waals surface area contributed by atoms with Gasteiger partial charge in [0.25, 0.3) is 0 Å². The number of nitrogens with one attached hydrogen (secondary N) is 2. The van der Waals surface area contributed by atoms with Crippen molar-refractivity contribution in [2.75, 3.05) is 31.1 Å². The highest BCUT2D eigenvalue weighted by atomic mass is 35.5. The molecule has 0 radical (unpaired) electrons. The number of hydrogen-bond donors (Lipinski definition) is 2. The number of carbonyl (C=O) groups is 1. The fourth-order valence-corrected chi connectivity index (χ4v) is 3.35. The highest BCUT2D eigenvalue weighted by molar-refractivity contribution is 6.30. The van der Waals surface area contributed by atoms with Crippen LogP contribution < -0.4 is 10.2 Å². The highest BCUT2D eigenvalue weighted by Gasteiger charge is 2.24. The van der Waals surface area contributed by atoms with E-state index >= 15 is 0 Å². The molecular weight excluding hydrogens is 340 g/mol. The van der Waals surface area contributed by atoms with E-state index in [9.17, 15) is 4.79 Å². The number of aryl methyl sites for hydroxylation is 2. The van der Waals surface area contributed by atoms with Crippen LogP contribution in [0.5, 0.6) is 0 Å². The van der Waals surface area contributed by atoms with E-state index in [1.165, 1.54) is 0 Å². The number of rotatable bonds is 3. The molecule has 8 heteroatoms. The van der Waals surface area contributed by atoms with Crippen LogP contribution in [-0.2, 0) is 0 Å². The van der Waals surface area contributed by atoms with Gasteiger partial charge in [0, 0.05) is 43.6 Å². The summed E-state index contributed by atoms with van der Waals surface area (Å²) in [5, 5.41) is 10.9. The molecule has 2 N–H and O–H groups in total. The van der Waals surface area contributed by atoms with Gasteiger partial charge in [0.15, 0.2) is 0 Å². The topological polar surface area (TPSA) is 77.2 Å². The van der Waals surface area contributed by atoms with Crippen LogP contribution in [0.15, 0.2) is 18.3 Å².